The Kier molecular flexibility index (Phi) is 4.15. The summed E-state index contributed by atoms with van der Waals surface area (Å²) >= 11 is 0. The molecule has 0 radical (unpaired) electrons. The van der Waals surface area contributed by atoms with E-state index in [0.29, 0.717) is 17.0 Å². The van der Waals surface area contributed by atoms with E-state index in [-0.39, 0.29) is 0 Å². The van der Waals surface area contributed by atoms with Crippen molar-refractivity contribution in [1.29, 1.82) is 0 Å². The van der Waals surface area contributed by atoms with Gasteiger partial charge in [0.1, 0.15) is 19.8 Å². The fraction of sp³-hybridized carbons (Fsp3) is 0.667. The molecule has 2 rings (SSSR count). The van der Waals surface area contributed by atoms with Gasteiger partial charge >= 0.3 is 0 Å². The highest BCUT2D eigenvalue weighted by atomic mass is 31.2. The standard InChI is InChI=1S/C6H16N9OP3/c7-3-1-2-4(8,6(11,12)5(3,9)10)16-19-14-17-13-18-15-19/h1-3H,7-12H2,(H,13,14,15). The first-order valence-electron chi connectivity index (χ1n) is 5.15. The second-order valence-electron chi connectivity index (χ2n) is 4.31. The molecule has 0 saturated heterocycles. The van der Waals surface area contributed by atoms with Gasteiger partial charge in [0, 0.05) is 0 Å². The molecule has 0 aromatic heterocycles. The Bertz CT molecular complexity index is 451. The molecule has 3 atom stereocenters. The number of nitrogens with two attached hydrogens (primary N) is 6. The second kappa shape index (κ2) is 5.11. The van der Waals surface area contributed by atoms with E-state index in [0.717, 1.165) is 0 Å². The largest absolute Gasteiger partial charge is 0.322 e. The summed E-state index contributed by atoms with van der Waals surface area (Å²) in [5.41, 5.74) is 30.7. The van der Waals surface area contributed by atoms with Crippen LogP contribution in [-0.4, -0.2) is 23.1 Å². The van der Waals surface area contributed by atoms with Crippen LogP contribution in [0, 0.1) is 0 Å². The first kappa shape index (κ1) is 15.4. The third-order valence-corrected chi connectivity index (χ3v) is 6.20. The fourth-order valence-corrected chi connectivity index (χ4v) is 4.67. The molecule has 106 valence electrons. The molecular formula is C6H16N9OP3. The zero-order valence-corrected chi connectivity index (χ0v) is 12.5. The van der Waals surface area contributed by atoms with E-state index in [1.165, 1.54) is 12.2 Å². The van der Waals surface area contributed by atoms with Crippen molar-refractivity contribution < 1.29 is 4.52 Å². The van der Waals surface area contributed by atoms with Crippen LogP contribution in [0.25, 0.3) is 0 Å². The molecule has 2 aliphatic rings. The van der Waals surface area contributed by atoms with Crippen LogP contribution in [0.3, 0.4) is 0 Å². The monoisotopic (exact) mass is 323 g/mol. The van der Waals surface area contributed by atoms with Gasteiger partial charge in [-0.1, -0.05) is 6.08 Å². The number of nitrogens with one attached hydrogen (secondary N) is 1. The Morgan fingerprint density at radius 1 is 1.26 bits per heavy atom. The number of nitrogens with zero attached hydrogens (tertiary/aromatic N) is 2. The quantitative estimate of drug-likeness (QED) is 0.184. The molecule has 0 amide bonds. The molecule has 13 heteroatoms. The topological polar surface area (TPSA) is 202 Å². The molecular weight excluding hydrogens is 307 g/mol. The van der Waals surface area contributed by atoms with Crippen molar-refractivity contribution in [3.63, 3.8) is 0 Å². The van der Waals surface area contributed by atoms with Crippen LogP contribution in [0.15, 0.2) is 21.2 Å². The van der Waals surface area contributed by atoms with Gasteiger partial charge in [-0.2, -0.15) is 13.9 Å². The predicted octanol–water partition coefficient (Wildman–Crippen LogP) is -1.30. The van der Waals surface area contributed by atoms with Crippen LogP contribution in [0.5, 0.6) is 0 Å². The summed E-state index contributed by atoms with van der Waals surface area (Å²) in [4.78, 5) is 2.90. The van der Waals surface area contributed by atoms with Gasteiger partial charge < -0.3 is 28.7 Å². The highest BCUT2D eigenvalue weighted by Crippen LogP contribution is 2.49. The van der Waals surface area contributed by atoms with Crippen molar-refractivity contribution in [1.82, 2.24) is 4.86 Å². The molecule has 1 aliphatic heterocycles. The molecule has 10 nitrogen and oxygen atoms in total. The van der Waals surface area contributed by atoms with Gasteiger partial charge in [-0.25, -0.2) is 0 Å². The molecule has 13 N–H and O–H groups in total. The average Bonchev–Trinajstić information content (AvgIpc) is 2.35. The van der Waals surface area contributed by atoms with E-state index in [4.69, 9.17) is 38.9 Å². The molecule has 19 heavy (non-hydrogen) atoms. The summed E-state index contributed by atoms with van der Waals surface area (Å²) in [6.07, 6.45) is 2.99. The van der Waals surface area contributed by atoms with Gasteiger partial charge in [-0.05, 0) is 6.08 Å². The maximum absolute atomic E-state index is 6.11. The minimum absolute atomic E-state index is 0.552. The minimum Gasteiger partial charge on any atom is -0.322 e. The highest BCUT2D eigenvalue weighted by Gasteiger charge is 2.60. The minimum atomic E-state index is -1.77. The molecule has 0 aromatic carbocycles. The summed E-state index contributed by atoms with van der Waals surface area (Å²) in [5, 5.41) is 0. The van der Waals surface area contributed by atoms with E-state index in [2.05, 4.69) is 13.9 Å². The van der Waals surface area contributed by atoms with E-state index < -0.39 is 31.5 Å². The van der Waals surface area contributed by atoms with Gasteiger partial charge in [-0.3, -0.25) is 10.3 Å². The summed E-state index contributed by atoms with van der Waals surface area (Å²) in [6.45, 7) is 0. The van der Waals surface area contributed by atoms with Gasteiger partial charge in [0.15, 0.2) is 14.2 Å². The molecule has 0 saturated carbocycles. The van der Waals surface area contributed by atoms with Gasteiger partial charge in [0.05, 0.1) is 6.04 Å². The Hall–Kier alpha value is 0.0500. The average molecular weight is 323 g/mol. The third kappa shape index (κ3) is 2.51. The number of hydrogen-bond donors (Lipinski definition) is 7. The number of rotatable bonds is 2. The van der Waals surface area contributed by atoms with Crippen LogP contribution in [0.4, 0.5) is 0 Å². The lowest BCUT2D eigenvalue weighted by molar-refractivity contribution is -0.00871. The van der Waals surface area contributed by atoms with Crippen LogP contribution in [0.1, 0.15) is 0 Å². The normalized spacial score (nSPS) is 41.2. The summed E-state index contributed by atoms with van der Waals surface area (Å²) in [6, 6.07) is -0.738. The SMILES string of the molecule is NC1C=CC(N)(OP2N=PN=PN2)C(N)(N)C1(N)N. The zero-order valence-electron chi connectivity index (χ0n) is 9.84. The molecule has 0 aromatic rings. The van der Waals surface area contributed by atoms with Gasteiger partial charge in [0.2, 0.25) is 0 Å². The lowest BCUT2D eigenvalue weighted by Crippen LogP contribution is -2.91. The number of hydrogen-bond acceptors (Lipinski definition) is 10. The lowest BCUT2D eigenvalue weighted by Gasteiger charge is -2.53. The second-order valence-corrected chi connectivity index (χ2v) is 7.65. The maximum Gasteiger partial charge on any atom is 0.252 e. The molecule has 0 bridgehead atoms. The predicted molar refractivity (Wildman–Crippen MR) is 76.1 cm³/mol. The molecule has 1 heterocycles. The molecule has 0 fully saturated rings. The van der Waals surface area contributed by atoms with Crippen LogP contribution in [0.2, 0.25) is 0 Å². The van der Waals surface area contributed by atoms with Gasteiger partial charge in [-0.15, -0.1) is 0 Å². The van der Waals surface area contributed by atoms with E-state index in [1.54, 1.807) is 0 Å². The lowest BCUT2D eigenvalue weighted by atomic mass is 9.76. The van der Waals surface area contributed by atoms with Crippen molar-refractivity contribution in [2.75, 3.05) is 0 Å². The van der Waals surface area contributed by atoms with Crippen LogP contribution < -0.4 is 39.3 Å². The van der Waals surface area contributed by atoms with Crippen molar-refractivity contribution in [3.8, 4) is 0 Å². The van der Waals surface area contributed by atoms with Crippen LogP contribution in [-0.2, 0) is 4.52 Å². The van der Waals surface area contributed by atoms with E-state index in [1.807, 2.05) is 0 Å². The molecule has 1 aliphatic carbocycles. The maximum atomic E-state index is 6.11. The Morgan fingerprint density at radius 2 is 1.95 bits per heavy atom. The Balaban J connectivity index is 2.29. The third-order valence-electron chi connectivity index (χ3n) is 3.04. The highest BCUT2D eigenvalue weighted by molar-refractivity contribution is 7.63. The first-order valence-corrected chi connectivity index (χ1v) is 8.01. The summed E-state index contributed by atoms with van der Waals surface area (Å²) < 4.78 is 13.7. The Labute approximate surface area is 114 Å². The Morgan fingerprint density at radius 3 is 2.53 bits per heavy atom. The van der Waals surface area contributed by atoms with Crippen molar-refractivity contribution in [3.05, 3.63) is 12.2 Å². The molecule has 3 unspecified atom stereocenters. The summed E-state index contributed by atoms with van der Waals surface area (Å²) in [7, 11) is -0.191. The smallest absolute Gasteiger partial charge is 0.252 e. The van der Waals surface area contributed by atoms with Gasteiger partial charge in [0.25, 0.3) is 8.45 Å². The summed E-state index contributed by atoms with van der Waals surface area (Å²) in [5.74, 6) is 0. The van der Waals surface area contributed by atoms with E-state index >= 15 is 0 Å². The fourth-order valence-electron chi connectivity index (χ4n) is 1.60. The van der Waals surface area contributed by atoms with E-state index in [9.17, 15) is 0 Å². The van der Waals surface area contributed by atoms with Crippen molar-refractivity contribution in [2.24, 2.45) is 43.4 Å². The van der Waals surface area contributed by atoms with Crippen LogP contribution >= 0.6 is 25.5 Å². The first-order chi connectivity index (χ1) is 8.71. The van der Waals surface area contributed by atoms with Crippen molar-refractivity contribution >= 4 is 25.5 Å². The zero-order chi connectivity index (χ0) is 14.3. The molecule has 0 spiro atoms. The van der Waals surface area contributed by atoms with Crippen molar-refractivity contribution in [2.45, 2.75) is 23.1 Å².